The quantitative estimate of drug-likeness (QED) is 0.859. The Morgan fingerprint density at radius 3 is 2.17 bits per heavy atom. The predicted molar refractivity (Wildman–Crippen MR) is 67.6 cm³/mol. The van der Waals surface area contributed by atoms with Gasteiger partial charge < -0.3 is 5.32 Å². The van der Waals surface area contributed by atoms with Gasteiger partial charge in [-0.2, -0.15) is 13.2 Å². The number of alkyl halides is 3. The number of rotatable bonds is 4. The number of halogens is 3. The van der Waals surface area contributed by atoms with Gasteiger partial charge in [-0.1, -0.05) is 25.1 Å². The zero-order chi connectivity index (χ0) is 14.0. The molecule has 1 aromatic rings. The van der Waals surface area contributed by atoms with Gasteiger partial charge in [0.05, 0.1) is 0 Å². The van der Waals surface area contributed by atoms with Crippen molar-refractivity contribution in [3.8, 4) is 0 Å². The van der Waals surface area contributed by atoms with E-state index in [1.54, 1.807) is 18.2 Å². The van der Waals surface area contributed by atoms with Gasteiger partial charge in [-0.3, -0.25) is 0 Å². The molecule has 0 aliphatic rings. The molecule has 0 bridgehead atoms. The predicted octanol–water partition coefficient (Wildman–Crippen LogP) is 4.08. The molecule has 0 spiro atoms. The van der Waals surface area contributed by atoms with Gasteiger partial charge in [0, 0.05) is 0 Å². The van der Waals surface area contributed by atoms with Crippen molar-refractivity contribution in [3.63, 3.8) is 0 Å². The van der Waals surface area contributed by atoms with E-state index in [-0.39, 0.29) is 5.56 Å². The van der Waals surface area contributed by atoms with E-state index < -0.39 is 11.7 Å². The maximum absolute atomic E-state index is 13.3. The Kier molecular flexibility index (Phi) is 4.43. The summed E-state index contributed by atoms with van der Waals surface area (Å²) < 4.78 is 39.8. The molecule has 18 heavy (non-hydrogen) atoms. The second kappa shape index (κ2) is 5.31. The summed E-state index contributed by atoms with van der Waals surface area (Å²) in [5.74, 6) is 0. The van der Waals surface area contributed by atoms with E-state index in [2.05, 4.69) is 5.32 Å². The second-order valence-corrected chi connectivity index (χ2v) is 4.85. The molecule has 0 aliphatic carbocycles. The van der Waals surface area contributed by atoms with Crippen LogP contribution in [0.3, 0.4) is 0 Å². The highest BCUT2D eigenvalue weighted by molar-refractivity contribution is 5.35. The Labute approximate surface area is 106 Å². The summed E-state index contributed by atoms with van der Waals surface area (Å²) in [5.41, 5.74) is 0.160. The van der Waals surface area contributed by atoms with Crippen molar-refractivity contribution in [2.24, 2.45) is 0 Å². The molecule has 0 amide bonds. The summed E-state index contributed by atoms with van der Waals surface area (Å²) in [7, 11) is 0. The van der Waals surface area contributed by atoms with Crippen molar-refractivity contribution in [2.75, 3.05) is 6.54 Å². The lowest BCUT2D eigenvalue weighted by Gasteiger charge is -2.34. The fraction of sp³-hybridized carbons (Fsp3) is 0.571. The summed E-state index contributed by atoms with van der Waals surface area (Å²) in [6, 6.07) is 4.91. The van der Waals surface area contributed by atoms with E-state index in [0.717, 1.165) is 11.1 Å². The van der Waals surface area contributed by atoms with Crippen LogP contribution in [0, 0.1) is 13.8 Å². The monoisotopic (exact) mass is 259 g/mol. The minimum atomic E-state index is -4.32. The molecule has 0 aliphatic heterocycles. The van der Waals surface area contributed by atoms with Gasteiger partial charge in [-0.25, -0.2) is 0 Å². The highest BCUT2D eigenvalue weighted by Crippen LogP contribution is 2.39. The third-order valence-corrected chi connectivity index (χ3v) is 3.38. The van der Waals surface area contributed by atoms with Crippen LogP contribution in [-0.4, -0.2) is 12.7 Å². The lowest BCUT2D eigenvalue weighted by atomic mass is 9.89. The normalized spacial score (nSPS) is 15.5. The zero-order valence-corrected chi connectivity index (χ0v) is 11.3. The van der Waals surface area contributed by atoms with Crippen molar-refractivity contribution < 1.29 is 13.2 Å². The van der Waals surface area contributed by atoms with Gasteiger partial charge in [-0.15, -0.1) is 0 Å². The van der Waals surface area contributed by atoms with Crippen LogP contribution in [0.4, 0.5) is 13.2 Å². The third kappa shape index (κ3) is 2.86. The average Bonchev–Trinajstić information content (AvgIpc) is 2.28. The Morgan fingerprint density at radius 1 is 1.11 bits per heavy atom. The molecule has 0 heterocycles. The SMILES string of the molecule is CCCNC(C)(c1ccc(C)c(C)c1)C(F)(F)F. The van der Waals surface area contributed by atoms with E-state index in [4.69, 9.17) is 0 Å². The van der Waals surface area contributed by atoms with Gasteiger partial charge in [0.25, 0.3) is 0 Å². The van der Waals surface area contributed by atoms with Crippen LogP contribution in [0.1, 0.15) is 37.0 Å². The molecular formula is C14H20F3N. The Bertz CT molecular complexity index is 412. The molecule has 0 saturated heterocycles. The van der Waals surface area contributed by atoms with E-state index in [1.807, 2.05) is 20.8 Å². The zero-order valence-electron chi connectivity index (χ0n) is 11.3. The summed E-state index contributed by atoms with van der Waals surface area (Å²) >= 11 is 0. The highest BCUT2D eigenvalue weighted by atomic mass is 19.4. The van der Waals surface area contributed by atoms with Crippen LogP contribution in [0.15, 0.2) is 18.2 Å². The molecular weight excluding hydrogens is 239 g/mol. The molecule has 4 heteroatoms. The number of hydrogen-bond donors (Lipinski definition) is 1. The van der Waals surface area contributed by atoms with E-state index in [1.165, 1.54) is 6.92 Å². The van der Waals surface area contributed by atoms with Crippen LogP contribution in [0.25, 0.3) is 0 Å². The van der Waals surface area contributed by atoms with Crippen molar-refractivity contribution >= 4 is 0 Å². The fourth-order valence-electron chi connectivity index (χ4n) is 1.79. The first-order valence-corrected chi connectivity index (χ1v) is 6.12. The molecule has 0 radical (unpaired) electrons. The lowest BCUT2D eigenvalue weighted by molar-refractivity contribution is -0.195. The topological polar surface area (TPSA) is 12.0 Å². The molecule has 0 aromatic heterocycles. The highest BCUT2D eigenvalue weighted by Gasteiger charge is 2.51. The second-order valence-electron chi connectivity index (χ2n) is 4.85. The maximum atomic E-state index is 13.3. The van der Waals surface area contributed by atoms with Crippen molar-refractivity contribution in [2.45, 2.75) is 45.8 Å². The minimum absolute atomic E-state index is 0.270. The average molecular weight is 259 g/mol. The minimum Gasteiger partial charge on any atom is -0.300 e. The van der Waals surface area contributed by atoms with Gasteiger partial charge in [0.1, 0.15) is 5.54 Å². The number of nitrogens with one attached hydrogen (secondary N) is 1. The Balaban J connectivity index is 3.21. The molecule has 102 valence electrons. The summed E-state index contributed by atoms with van der Waals surface area (Å²) in [5, 5.41) is 2.62. The first-order chi connectivity index (χ1) is 8.22. The van der Waals surface area contributed by atoms with Crippen LogP contribution in [0.2, 0.25) is 0 Å². The van der Waals surface area contributed by atoms with Crippen molar-refractivity contribution in [1.29, 1.82) is 0 Å². The fourth-order valence-corrected chi connectivity index (χ4v) is 1.79. The molecule has 1 rings (SSSR count). The van der Waals surface area contributed by atoms with E-state index in [0.29, 0.717) is 13.0 Å². The molecule has 1 N–H and O–H groups in total. The standard InChI is InChI=1S/C14H20F3N/c1-5-8-18-13(4,14(15,16)17)12-7-6-10(2)11(3)9-12/h6-7,9,18H,5,8H2,1-4H3. The smallest absolute Gasteiger partial charge is 0.300 e. The molecule has 1 aromatic carbocycles. The van der Waals surface area contributed by atoms with E-state index >= 15 is 0 Å². The molecule has 0 saturated carbocycles. The maximum Gasteiger partial charge on any atom is 0.410 e. The Morgan fingerprint density at radius 2 is 1.72 bits per heavy atom. The first-order valence-electron chi connectivity index (χ1n) is 6.12. The number of aryl methyl sites for hydroxylation is 2. The summed E-state index contributed by atoms with van der Waals surface area (Å²) in [6.07, 6.45) is -3.65. The van der Waals surface area contributed by atoms with Crippen LogP contribution in [-0.2, 0) is 5.54 Å². The molecule has 1 atom stereocenters. The number of benzene rings is 1. The number of hydrogen-bond acceptors (Lipinski definition) is 1. The van der Waals surface area contributed by atoms with Crippen LogP contribution in [0.5, 0.6) is 0 Å². The molecule has 1 unspecified atom stereocenters. The van der Waals surface area contributed by atoms with E-state index in [9.17, 15) is 13.2 Å². The van der Waals surface area contributed by atoms with Gasteiger partial charge in [0.15, 0.2) is 0 Å². The molecule has 1 nitrogen and oxygen atoms in total. The summed E-state index contributed by atoms with van der Waals surface area (Å²) in [6.45, 7) is 7.11. The largest absolute Gasteiger partial charge is 0.410 e. The Hall–Kier alpha value is -1.03. The van der Waals surface area contributed by atoms with Crippen molar-refractivity contribution in [1.82, 2.24) is 5.32 Å². The van der Waals surface area contributed by atoms with Crippen LogP contribution < -0.4 is 5.32 Å². The van der Waals surface area contributed by atoms with Gasteiger partial charge >= 0.3 is 6.18 Å². The van der Waals surface area contributed by atoms with Crippen molar-refractivity contribution in [3.05, 3.63) is 34.9 Å². The third-order valence-electron chi connectivity index (χ3n) is 3.38. The lowest BCUT2D eigenvalue weighted by Crippen LogP contribution is -2.51. The van der Waals surface area contributed by atoms with Crippen LogP contribution >= 0.6 is 0 Å². The summed E-state index contributed by atoms with van der Waals surface area (Å²) in [4.78, 5) is 0. The van der Waals surface area contributed by atoms with Gasteiger partial charge in [-0.05, 0) is 50.4 Å². The van der Waals surface area contributed by atoms with Gasteiger partial charge in [0.2, 0.25) is 0 Å². The first kappa shape index (κ1) is 15.0. The molecule has 0 fully saturated rings.